The third-order valence-electron chi connectivity index (χ3n) is 4.86. The van der Waals surface area contributed by atoms with Crippen LogP contribution in [0.5, 0.6) is 5.75 Å². The Bertz CT molecular complexity index is 975. The molecule has 29 heavy (non-hydrogen) atoms. The van der Waals surface area contributed by atoms with Crippen molar-refractivity contribution in [1.29, 1.82) is 0 Å². The van der Waals surface area contributed by atoms with Gasteiger partial charge in [-0.15, -0.1) is 0 Å². The molecule has 0 aliphatic carbocycles. The fourth-order valence-electron chi connectivity index (χ4n) is 3.33. The highest BCUT2D eigenvalue weighted by molar-refractivity contribution is 6.46. The van der Waals surface area contributed by atoms with Crippen LogP contribution in [-0.4, -0.2) is 46.4 Å². The molecule has 2 aromatic rings. The second-order valence-electron chi connectivity index (χ2n) is 6.78. The van der Waals surface area contributed by atoms with Crippen LogP contribution in [0.25, 0.3) is 5.76 Å². The lowest BCUT2D eigenvalue weighted by atomic mass is 9.95. The van der Waals surface area contributed by atoms with E-state index in [1.165, 1.54) is 12.0 Å². The Morgan fingerprint density at radius 1 is 1.03 bits per heavy atom. The van der Waals surface area contributed by atoms with Crippen molar-refractivity contribution in [2.75, 3.05) is 13.7 Å². The highest BCUT2D eigenvalue weighted by Gasteiger charge is 2.46. The number of rotatable bonds is 6. The van der Waals surface area contributed by atoms with Gasteiger partial charge in [0.15, 0.2) is 0 Å². The molecule has 1 fully saturated rings. The van der Waals surface area contributed by atoms with E-state index >= 15 is 0 Å². The number of amides is 1. The maximum absolute atomic E-state index is 12.8. The summed E-state index contributed by atoms with van der Waals surface area (Å²) in [6, 6.07) is 12.8. The molecule has 1 atom stereocenters. The molecule has 1 saturated heterocycles. The van der Waals surface area contributed by atoms with E-state index < -0.39 is 23.7 Å². The molecule has 1 aliphatic heterocycles. The molecule has 2 aromatic carbocycles. The summed E-state index contributed by atoms with van der Waals surface area (Å²) in [5, 5.41) is 19.9. The zero-order valence-corrected chi connectivity index (χ0v) is 16.1. The molecule has 7 heteroatoms. The van der Waals surface area contributed by atoms with Gasteiger partial charge in [0, 0.05) is 12.1 Å². The van der Waals surface area contributed by atoms with E-state index in [0.717, 1.165) is 5.56 Å². The van der Waals surface area contributed by atoms with E-state index in [2.05, 4.69) is 0 Å². The van der Waals surface area contributed by atoms with Crippen molar-refractivity contribution in [3.63, 3.8) is 0 Å². The Balaban J connectivity index is 2.13. The zero-order valence-electron chi connectivity index (χ0n) is 16.1. The van der Waals surface area contributed by atoms with Gasteiger partial charge in [-0.1, -0.05) is 42.0 Å². The van der Waals surface area contributed by atoms with Crippen LogP contribution in [0.15, 0.2) is 54.1 Å². The van der Waals surface area contributed by atoms with E-state index in [9.17, 15) is 19.5 Å². The molecule has 2 N–H and O–H groups in total. The number of carboxylic acids is 1. The minimum Gasteiger partial charge on any atom is -0.507 e. The topological polar surface area (TPSA) is 104 Å². The molecule has 0 radical (unpaired) electrons. The summed E-state index contributed by atoms with van der Waals surface area (Å²) in [6.45, 7) is 1.74. The molecule has 0 aromatic heterocycles. The number of aliphatic hydroxyl groups excluding tert-OH is 1. The molecule has 1 heterocycles. The van der Waals surface area contributed by atoms with Crippen molar-refractivity contribution in [2.24, 2.45) is 0 Å². The number of likely N-dealkylation sites (tertiary alicyclic amines) is 1. The lowest BCUT2D eigenvalue weighted by Crippen LogP contribution is -2.31. The second kappa shape index (κ2) is 8.18. The van der Waals surface area contributed by atoms with Gasteiger partial charge in [0.1, 0.15) is 11.5 Å². The van der Waals surface area contributed by atoms with Gasteiger partial charge in [0.2, 0.25) is 0 Å². The Hall–Kier alpha value is -3.61. The monoisotopic (exact) mass is 395 g/mol. The standard InChI is InChI=1S/C22H21NO6/c1-13-3-5-15(6-4-13)20(26)18-19(14-7-9-16(29-2)10-8-14)23(12-11-17(24)25)22(28)21(18)27/h3-10,19,26H,11-12H2,1-2H3,(H,24,25)/t19-/m1/s1. The molecule has 0 saturated carbocycles. The van der Waals surface area contributed by atoms with Crippen molar-refractivity contribution < 1.29 is 29.3 Å². The molecule has 7 nitrogen and oxygen atoms in total. The Morgan fingerprint density at radius 2 is 1.66 bits per heavy atom. The van der Waals surface area contributed by atoms with Crippen molar-refractivity contribution in [1.82, 2.24) is 4.90 Å². The van der Waals surface area contributed by atoms with Crippen LogP contribution in [0.3, 0.4) is 0 Å². The molecule has 0 unspecified atom stereocenters. The number of nitrogens with zero attached hydrogens (tertiary/aromatic N) is 1. The summed E-state index contributed by atoms with van der Waals surface area (Å²) in [7, 11) is 1.52. The molecule has 1 aliphatic rings. The summed E-state index contributed by atoms with van der Waals surface area (Å²) in [4.78, 5) is 37.6. The predicted molar refractivity (Wildman–Crippen MR) is 105 cm³/mol. The number of hydrogen-bond acceptors (Lipinski definition) is 5. The number of aliphatic carboxylic acids is 1. The minimum atomic E-state index is -1.08. The van der Waals surface area contributed by atoms with Gasteiger partial charge in [-0.05, 0) is 24.6 Å². The zero-order chi connectivity index (χ0) is 21.1. The van der Waals surface area contributed by atoms with Crippen molar-refractivity contribution in [2.45, 2.75) is 19.4 Å². The van der Waals surface area contributed by atoms with Crippen molar-refractivity contribution in [3.8, 4) is 5.75 Å². The fourth-order valence-corrected chi connectivity index (χ4v) is 3.33. The highest BCUT2D eigenvalue weighted by Crippen LogP contribution is 2.39. The van der Waals surface area contributed by atoms with E-state index in [4.69, 9.17) is 9.84 Å². The van der Waals surface area contributed by atoms with E-state index in [1.54, 1.807) is 48.5 Å². The number of aliphatic hydroxyl groups is 1. The van der Waals surface area contributed by atoms with Gasteiger partial charge >= 0.3 is 5.97 Å². The van der Waals surface area contributed by atoms with E-state index in [1.807, 2.05) is 6.92 Å². The Morgan fingerprint density at radius 3 is 2.21 bits per heavy atom. The van der Waals surface area contributed by atoms with Gasteiger partial charge in [0.25, 0.3) is 11.7 Å². The number of benzene rings is 2. The quantitative estimate of drug-likeness (QED) is 0.443. The Kier molecular flexibility index (Phi) is 5.68. The summed E-state index contributed by atoms with van der Waals surface area (Å²) in [5.74, 6) is -2.45. The van der Waals surface area contributed by atoms with Gasteiger partial charge < -0.3 is 19.8 Å². The summed E-state index contributed by atoms with van der Waals surface area (Å²) >= 11 is 0. The van der Waals surface area contributed by atoms with Gasteiger partial charge in [0.05, 0.1) is 25.1 Å². The first-order chi connectivity index (χ1) is 13.8. The first kappa shape index (κ1) is 20.1. The largest absolute Gasteiger partial charge is 0.507 e. The summed E-state index contributed by atoms with van der Waals surface area (Å²) < 4.78 is 5.15. The van der Waals surface area contributed by atoms with Crippen molar-refractivity contribution >= 4 is 23.4 Å². The van der Waals surface area contributed by atoms with Crippen LogP contribution < -0.4 is 4.74 Å². The SMILES string of the molecule is COc1ccc([C@@H]2C(=C(O)c3ccc(C)cc3)C(=O)C(=O)N2CCC(=O)O)cc1. The third kappa shape index (κ3) is 3.99. The number of aryl methyl sites for hydroxylation is 1. The third-order valence-corrected chi connectivity index (χ3v) is 4.86. The number of ether oxygens (including phenoxy) is 1. The van der Waals surface area contributed by atoms with Crippen LogP contribution in [0.4, 0.5) is 0 Å². The van der Waals surface area contributed by atoms with Gasteiger partial charge in [-0.25, -0.2) is 0 Å². The molecule has 3 rings (SSSR count). The average molecular weight is 395 g/mol. The second-order valence-corrected chi connectivity index (χ2v) is 6.78. The van der Waals surface area contributed by atoms with Crippen molar-refractivity contribution in [3.05, 3.63) is 70.8 Å². The molecular formula is C22H21NO6. The number of carbonyl (C=O) groups excluding carboxylic acids is 2. The normalized spacial score (nSPS) is 18.1. The summed E-state index contributed by atoms with van der Waals surface area (Å²) in [6.07, 6.45) is -0.315. The van der Waals surface area contributed by atoms with E-state index in [0.29, 0.717) is 16.9 Å². The first-order valence-corrected chi connectivity index (χ1v) is 9.04. The molecular weight excluding hydrogens is 374 g/mol. The molecule has 0 bridgehead atoms. The number of methoxy groups -OCH3 is 1. The predicted octanol–water partition coefficient (Wildman–Crippen LogP) is 2.90. The molecule has 150 valence electrons. The highest BCUT2D eigenvalue weighted by atomic mass is 16.5. The summed E-state index contributed by atoms with van der Waals surface area (Å²) in [5.41, 5.74) is 1.90. The van der Waals surface area contributed by atoms with E-state index in [-0.39, 0.29) is 24.3 Å². The number of hydrogen-bond donors (Lipinski definition) is 2. The number of ketones is 1. The number of Topliss-reactive ketones (excluding diaryl/α,β-unsaturated/α-hetero) is 1. The smallest absolute Gasteiger partial charge is 0.305 e. The van der Waals surface area contributed by atoms with Crippen LogP contribution >= 0.6 is 0 Å². The maximum atomic E-state index is 12.8. The first-order valence-electron chi connectivity index (χ1n) is 9.04. The number of carbonyl (C=O) groups is 3. The minimum absolute atomic E-state index is 0.0607. The molecule has 1 amide bonds. The van der Waals surface area contributed by atoms with Crippen LogP contribution in [-0.2, 0) is 14.4 Å². The van der Waals surface area contributed by atoms with Crippen LogP contribution in [0.2, 0.25) is 0 Å². The molecule has 0 spiro atoms. The lowest BCUT2D eigenvalue weighted by Gasteiger charge is -2.25. The van der Waals surface area contributed by atoms with Crippen LogP contribution in [0.1, 0.15) is 29.2 Å². The number of carboxylic acid groups (broad SMARTS) is 1. The van der Waals surface area contributed by atoms with Crippen LogP contribution in [0, 0.1) is 6.92 Å². The fraction of sp³-hybridized carbons (Fsp3) is 0.227. The lowest BCUT2D eigenvalue weighted by molar-refractivity contribution is -0.142. The Labute approximate surface area is 167 Å². The van der Waals surface area contributed by atoms with Gasteiger partial charge in [-0.2, -0.15) is 0 Å². The average Bonchev–Trinajstić information content (AvgIpc) is 2.97. The maximum Gasteiger partial charge on any atom is 0.305 e. The van der Waals surface area contributed by atoms with Gasteiger partial charge in [-0.3, -0.25) is 14.4 Å².